The van der Waals surface area contributed by atoms with Crippen molar-refractivity contribution < 1.29 is 14.4 Å². The summed E-state index contributed by atoms with van der Waals surface area (Å²) >= 11 is 3.21. The molecule has 0 radical (unpaired) electrons. The summed E-state index contributed by atoms with van der Waals surface area (Å²) in [5, 5.41) is 6.80. The fraction of sp³-hybridized carbons (Fsp3) is 0.292. The van der Waals surface area contributed by atoms with Crippen LogP contribution in [0, 0.1) is 0 Å². The Morgan fingerprint density at radius 3 is 2.22 bits per heavy atom. The second kappa shape index (κ2) is 8.88. The Kier molecular flexibility index (Phi) is 5.80. The van der Waals surface area contributed by atoms with Crippen molar-refractivity contribution in [1.29, 1.82) is 0 Å². The van der Waals surface area contributed by atoms with Gasteiger partial charge in [0.15, 0.2) is 0 Å². The summed E-state index contributed by atoms with van der Waals surface area (Å²) < 4.78 is 0. The van der Waals surface area contributed by atoms with Gasteiger partial charge in [-0.25, -0.2) is 0 Å². The summed E-state index contributed by atoms with van der Waals surface area (Å²) in [7, 11) is 0. The minimum atomic E-state index is -0.665. The Morgan fingerprint density at radius 1 is 0.969 bits per heavy atom. The van der Waals surface area contributed by atoms with Crippen LogP contribution in [0.2, 0.25) is 0 Å². The maximum absolute atomic E-state index is 13.2. The zero-order valence-corrected chi connectivity index (χ0v) is 19.0. The van der Waals surface area contributed by atoms with E-state index in [9.17, 15) is 14.4 Å². The first-order valence-electron chi connectivity index (χ1n) is 10.6. The lowest BCUT2D eigenvalue weighted by Crippen LogP contribution is -2.44. The highest BCUT2D eigenvalue weighted by Gasteiger charge is 2.47. The maximum atomic E-state index is 13.2. The quantitative estimate of drug-likeness (QED) is 0.550. The Hall–Kier alpha value is -2.97. The molecule has 0 spiro atoms. The summed E-state index contributed by atoms with van der Waals surface area (Å²) in [5.74, 6) is -0.530. The molecule has 6 nitrogen and oxygen atoms in total. The first kappa shape index (κ1) is 20.9. The largest absolute Gasteiger partial charge is 0.345 e. The highest BCUT2D eigenvalue weighted by Crippen LogP contribution is 2.41. The number of amides is 3. The van der Waals surface area contributed by atoms with E-state index in [1.807, 2.05) is 53.2 Å². The molecule has 164 valence electrons. The molecule has 0 saturated heterocycles. The lowest BCUT2D eigenvalue weighted by Gasteiger charge is -2.26. The van der Waals surface area contributed by atoms with Gasteiger partial charge in [-0.15, -0.1) is 22.7 Å². The number of carbonyl (C=O) groups is 3. The standard InChI is InChI=1S/C24H23N3O3S2/c28-21(26(14-17-5-3-11-31-17)15-18-6-4-12-32-18)13-25-23(29)22-19-7-1-2-8-20(19)24(30)27(22)16-9-10-16/h1-8,11-12,16,22H,9-10,13-15H2,(H,25,29). The third kappa shape index (κ3) is 4.20. The van der Waals surface area contributed by atoms with E-state index in [2.05, 4.69) is 5.32 Å². The van der Waals surface area contributed by atoms with E-state index in [1.165, 1.54) is 0 Å². The van der Waals surface area contributed by atoms with Gasteiger partial charge >= 0.3 is 0 Å². The molecular formula is C24H23N3O3S2. The number of rotatable bonds is 8. The number of fused-ring (bicyclic) bond motifs is 1. The van der Waals surface area contributed by atoms with Crippen LogP contribution < -0.4 is 5.32 Å². The maximum Gasteiger partial charge on any atom is 0.255 e. The molecule has 1 atom stereocenters. The van der Waals surface area contributed by atoms with E-state index in [0.717, 1.165) is 28.2 Å². The zero-order chi connectivity index (χ0) is 22.1. The molecule has 1 aromatic carbocycles. The predicted octanol–water partition coefficient (Wildman–Crippen LogP) is 3.81. The topological polar surface area (TPSA) is 69.7 Å². The van der Waals surface area contributed by atoms with Crippen molar-refractivity contribution in [3.8, 4) is 0 Å². The van der Waals surface area contributed by atoms with E-state index in [-0.39, 0.29) is 30.3 Å². The Morgan fingerprint density at radius 2 is 1.62 bits per heavy atom. The highest BCUT2D eigenvalue weighted by molar-refractivity contribution is 7.10. The fourth-order valence-electron chi connectivity index (χ4n) is 4.12. The van der Waals surface area contributed by atoms with E-state index < -0.39 is 6.04 Å². The summed E-state index contributed by atoms with van der Waals surface area (Å²) in [5.41, 5.74) is 1.31. The highest BCUT2D eigenvalue weighted by atomic mass is 32.1. The predicted molar refractivity (Wildman–Crippen MR) is 124 cm³/mol. The van der Waals surface area contributed by atoms with Crippen LogP contribution in [0.15, 0.2) is 59.3 Å². The zero-order valence-electron chi connectivity index (χ0n) is 17.4. The molecule has 32 heavy (non-hydrogen) atoms. The van der Waals surface area contributed by atoms with Crippen molar-refractivity contribution in [3.63, 3.8) is 0 Å². The first-order valence-corrected chi connectivity index (χ1v) is 12.4. The Balaban J connectivity index is 1.29. The Labute approximate surface area is 194 Å². The molecule has 3 heterocycles. The molecule has 1 N–H and O–H groups in total. The average molecular weight is 466 g/mol. The molecule has 1 aliphatic heterocycles. The van der Waals surface area contributed by atoms with Crippen LogP contribution in [0.5, 0.6) is 0 Å². The lowest BCUT2D eigenvalue weighted by atomic mass is 10.0. The fourth-order valence-corrected chi connectivity index (χ4v) is 5.56. The molecule has 5 rings (SSSR count). The average Bonchev–Trinajstić information content (AvgIpc) is 3.16. The van der Waals surface area contributed by atoms with Crippen molar-refractivity contribution in [2.45, 2.75) is 38.0 Å². The molecule has 1 fully saturated rings. The van der Waals surface area contributed by atoms with Gasteiger partial charge in [-0.3, -0.25) is 14.4 Å². The molecule has 8 heteroatoms. The summed E-state index contributed by atoms with van der Waals surface area (Å²) in [6.45, 7) is 0.910. The third-order valence-corrected chi connectivity index (χ3v) is 7.53. The van der Waals surface area contributed by atoms with Crippen LogP contribution in [-0.2, 0) is 22.7 Å². The molecule has 1 aliphatic carbocycles. The van der Waals surface area contributed by atoms with Crippen LogP contribution in [0.3, 0.4) is 0 Å². The number of thiophene rings is 2. The molecule has 1 saturated carbocycles. The number of carbonyl (C=O) groups excluding carboxylic acids is 3. The van der Waals surface area contributed by atoms with Gasteiger partial charge in [0.1, 0.15) is 6.04 Å². The van der Waals surface area contributed by atoms with E-state index in [0.29, 0.717) is 18.7 Å². The molecule has 3 aromatic rings. The SMILES string of the molecule is O=C(NCC(=O)N(Cc1cccs1)Cc1cccs1)C1c2ccccc2C(=O)N1C1CC1. The first-order chi connectivity index (χ1) is 15.6. The number of hydrogen-bond donors (Lipinski definition) is 1. The van der Waals surface area contributed by atoms with Gasteiger partial charge in [0.25, 0.3) is 5.91 Å². The second-order valence-electron chi connectivity index (χ2n) is 8.06. The van der Waals surface area contributed by atoms with Gasteiger partial charge in [-0.1, -0.05) is 30.3 Å². The normalized spacial score (nSPS) is 17.3. The van der Waals surface area contributed by atoms with Crippen molar-refractivity contribution in [1.82, 2.24) is 15.1 Å². The monoisotopic (exact) mass is 465 g/mol. The number of benzene rings is 1. The van der Waals surface area contributed by atoms with Crippen molar-refractivity contribution in [2.75, 3.05) is 6.54 Å². The number of hydrogen-bond acceptors (Lipinski definition) is 5. The second-order valence-corrected chi connectivity index (χ2v) is 10.1. The molecule has 2 aromatic heterocycles. The lowest BCUT2D eigenvalue weighted by molar-refractivity contribution is -0.135. The number of nitrogens with zero attached hydrogens (tertiary/aromatic N) is 2. The molecule has 0 bridgehead atoms. The van der Waals surface area contributed by atoms with Crippen molar-refractivity contribution in [2.24, 2.45) is 0 Å². The molecular weight excluding hydrogens is 442 g/mol. The van der Waals surface area contributed by atoms with Crippen LogP contribution >= 0.6 is 22.7 Å². The van der Waals surface area contributed by atoms with Crippen LogP contribution in [-0.4, -0.2) is 40.1 Å². The van der Waals surface area contributed by atoms with Gasteiger partial charge in [0.2, 0.25) is 11.8 Å². The van der Waals surface area contributed by atoms with Gasteiger partial charge in [-0.05, 0) is 47.4 Å². The van der Waals surface area contributed by atoms with Crippen LogP contribution in [0.25, 0.3) is 0 Å². The summed E-state index contributed by atoms with van der Waals surface area (Å²) in [6, 6.07) is 14.7. The molecule has 1 unspecified atom stereocenters. The molecule has 2 aliphatic rings. The third-order valence-electron chi connectivity index (χ3n) is 5.81. The van der Waals surface area contributed by atoms with Crippen LogP contribution in [0.4, 0.5) is 0 Å². The van der Waals surface area contributed by atoms with E-state index in [1.54, 1.807) is 38.5 Å². The van der Waals surface area contributed by atoms with Gasteiger partial charge in [-0.2, -0.15) is 0 Å². The Bertz CT molecular complexity index is 1090. The minimum Gasteiger partial charge on any atom is -0.345 e. The van der Waals surface area contributed by atoms with Gasteiger partial charge in [0, 0.05) is 21.4 Å². The summed E-state index contributed by atoms with van der Waals surface area (Å²) in [4.78, 5) is 44.8. The van der Waals surface area contributed by atoms with Crippen molar-refractivity contribution in [3.05, 3.63) is 80.2 Å². The van der Waals surface area contributed by atoms with Gasteiger partial charge in [0.05, 0.1) is 19.6 Å². The van der Waals surface area contributed by atoms with E-state index >= 15 is 0 Å². The number of nitrogens with one attached hydrogen (secondary N) is 1. The van der Waals surface area contributed by atoms with Crippen LogP contribution in [0.1, 0.15) is 44.6 Å². The van der Waals surface area contributed by atoms with Crippen molar-refractivity contribution >= 4 is 40.4 Å². The smallest absolute Gasteiger partial charge is 0.255 e. The molecule has 3 amide bonds. The van der Waals surface area contributed by atoms with E-state index in [4.69, 9.17) is 0 Å². The van der Waals surface area contributed by atoms with Gasteiger partial charge < -0.3 is 15.1 Å². The summed E-state index contributed by atoms with van der Waals surface area (Å²) in [6.07, 6.45) is 1.83. The minimum absolute atomic E-state index is 0.0911.